The number of carbonyl (C=O) groups is 2. The van der Waals surface area contributed by atoms with Crippen LogP contribution >= 0.6 is 0 Å². The van der Waals surface area contributed by atoms with Crippen molar-refractivity contribution in [3.63, 3.8) is 0 Å². The Labute approximate surface area is 145 Å². The van der Waals surface area contributed by atoms with Gasteiger partial charge in [-0.1, -0.05) is 20.3 Å². The van der Waals surface area contributed by atoms with Crippen molar-refractivity contribution in [3.05, 3.63) is 29.6 Å². The number of rotatable bonds is 10. The van der Waals surface area contributed by atoms with Crippen molar-refractivity contribution in [1.82, 2.24) is 9.88 Å². The average molecular weight is 330 g/mol. The van der Waals surface area contributed by atoms with Gasteiger partial charge in [0, 0.05) is 30.8 Å². The zero-order valence-corrected chi connectivity index (χ0v) is 15.3. The number of hydrogen-bond donors (Lipinski definition) is 0. The van der Waals surface area contributed by atoms with Crippen LogP contribution < -0.4 is 0 Å². The molecule has 0 radical (unpaired) electrons. The van der Waals surface area contributed by atoms with Gasteiger partial charge in [-0.05, 0) is 56.2 Å². The molecule has 24 heavy (non-hydrogen) atoms. The first kappa shape index (κ1) is 18.6. The van der Waals surface area contributed by atoms with Crippen LogP contribution in [0.15, 0.2) is 18.3 Å². The summed E-state index contributed by atoms with van der Waals surface area (Å²) in [6.45, 7) is 6.48. The van der Waals surface area contributed by atoms with Gasteiger partial charge in [-0.25, -0.2) is 0 Å². The molecular weight excluding hydrogens is 300 g/mol. The van der Waals surface area contributed by atoms with E-state index >= 15 is 0 Å². The maximum Gasteiger partial charge on any atom is 0.223 e. The van der Waals surface area contributed by atoms with E-state index in [2.05, 4.69) is 24.9 Å². The Morgan fingerprint density at radius 2 is 2.12 bits per heavy atom. The van der Waals surface area contributed by atoms with E-state index < -0.39 is 0 Å². The Balaban J connectivity index is 1.80. The van der Waals surface area contributed by atoms with Crippen molar-refractivity contribution in [2.45, 2.75) is 71.8 Å². The van der Waals surface area contributed by atoms with E-state index in [-0.39, 0.29) is 11.7 Å². The summed E-state index contributed by atoms with van der Waals surface area (Å²) in [7, 11) is 0. The fourth-order valence-corrected chi connectivity index (χ4v) is 2.94. The van der Waals surface area contributed by atoms with Gasteiger partial charge in [-0.3, -0.25) is 14.6 Å². The molecule has 1 unspecified atom stereocenters. The minimum Gasteiger partial charge on any atom is -0.332 e. The lowest BCUT2D eigenvalue weighted by molar-refractivity contribution is -0.136. The molecule has 4 heteroatoms. The predicted octanol–water partition coefficient (Wildman–Crippen LogP) is 3.71. The van der Waals surface area contributed by atoms with Gasteiger partial charge in [0.1, 0.15) is 0 Å². The van der Waals surface area contributed by atoms with Crippen LogP contribution in [0, 0.1) is 12.8 Å². The monoisotopic (exact) mass is 330 g/mol. The van der Waals surface area contributed by atoms with Crippen LogP contribution in [0.5, 0.6) is 0 Å². The molecule has 132 valence electrons. The van der Waals surface area contributed by atoms with Crippen molar-refractivity contribution in [2.24, 2.45) is 5.92 Å². The zero-order chi connectivity index (χ0) is 17.5. The Kier molecular flexibility index (Phi) is 6.95. The summed E-state index contributed by atoms with van der Waals surface area (Å²) in [6, 6.07) is 4.38. The number of aromatic nitrogens is 1. The molecule has 1 heterocycles. The first-order chi connectivity index (χ1) is 11.5. The van der Waals surface area contributed by atoms with E-state index in [1.165, 1.54) is 5.56 Å². The van der Waals surface area contributed by atoms with Crippen molar-refractivity contribution < 1.29 is 9.59 Å². The predicted molar refractivity (Wildman–Crippen MR) is 95.7 cm³/mol. The van der Waals surface area contributed by atoms with Gasteiger partial charge in [-0.15, -0.1) is 0 Å². The number of nitrogens with zero attached hydrogens (tertiary/aromatic N) is 2. The van der Waals surface area contributed by atoms with E-state index in [1.807, 2.05) is 24.1 Å². The summed E-state index contributed by atoms with van der Waals surface area (Å²) < 4.78 is 0. The lowest BCUT2D eigenvalue weighted by Gasteiger charge is -2.22. The number of hydrogen-bond acceptors (Lipinski definition) is 3. The van der Waals surface area contributed by atoms with Crippen molar-refractivity contribution in [1.29, 1.82) is 0 Å². The molecule has 2 rings (SSSR count). The molecule has 0 spiro atoms. The van der Waals surface area contributed by atoms with Crippen LogP contribution in [0.25, 0.3) is 0 Å². The normalized spacial score (nSPS) is 15.1. The van der Waals surface area contributed by atoms with Gasteiger partial charge in [0.2, 0.25) is 5.91 Å². The molecule has 0 N–H and O–H groups in total. The van der Waals surface area contributed by atoms with E-state index in [1.54, 1.807) is 0 Å². The lowest BCUT2D eigenvalue weighted by Crippen LogP contribution is -2.37. The highest BCUT2D eigenvalue weighted by Crippen LogP contribution is 2.28. The van der Waals surface area contributed by atoms with Crippen LogP contribution in [0.3, 0.4) is 0 Å². The van der Waals surface area contributed by atoms with Crippen molar-refractivity contribution >= 4 is 11.7 Å². The van der Waals surface area contributed by atoms with Crippen LogP contribution in [0.2, 0.25) is 0 Å². The van der Waals surface area contributed by atoms with E-state index in [4.69, 9.17) is 0 Å². The fourth-order valence-electron chi connectivity index (χ4n) is 2.94. The maximum atomic E-state index is 12.5. The largest absolute Gasteiger partial charge is 0.332 e. The van der Waals surface area contributed by atoms with Gasteiger partial charge in [-0.2, -0.15) is 0 Å². The molecule has 0 bridgehead atoms. The van der Waals surface area contributed by atoms with Crippen molar-refractivity contribution in [2.75, 3.05) is 6.54 Å². The summed E-state index contributed by atoms with van der Waals surface area (Å²) in [5.74, 6) is 0.749. The highest BCUT2D eigenvalue weighted by molar-refractivity contribution is 5.86. The average Bonchev–Trinajstić information content (AvgIpc) is 3.37. The molecule has 4 nitrogen and oxygen atoms in total. The third kappa shape index (κ3) is 6.06. The molecule has 0 saturated heterocycles. The number of carbonyl (C=O) groups excluding carboxylic acids is 2. The molecule has 1 aliphatic rings. The molecule has 1 aromatic heterocycles. The Bertz CT molecular complexity index is 567. The second-order valence-electron chi connectivity index (χ2n) is 7.17. The summed E-state index contributed by atoms with van der Waals surface area (Å²) in [6.07, 6.45) is 7.74. The molecular formula is C20H30N2O2. The van der Waals surface area contributed by atoms with E-state index in [0.29, 0.717) is 31.3 Å². The SMILES string of the molecule is CCC(C)CC(=O)CN(C(=O)CCCc1ccnc(C)c1)C1CC1. The second kappa shape index (κ2) is 8.95. The molecule has 1 saturated carbocycles. The molecule has 1 fully saturated rings. The number of aryl methyl sites for hydroxylation is 2. The Morgan fingerprint density at radius 3 is 2.75 bits per heavy atom. The van der Waals surface area contributed by atoms with Gasteiger partial charge in [0.25, 0.3) is 0 Å². The Morgan fingerprint density at radius 1 is 1.38 bits per heavy atom. The van der Waals surface area contributed by atoms with Crippen LogP contribution in [0.1, 0.15) is 63.6 Å². The van der Waals surface area contributed by atoms with Gasteiger partial charge in [0.15, 0.2) is 5.78 Å². The van der Waals surface area contributed by atoms with Gasteiger partial charge in [0.05, 0.1) is 6.54 Å². The van der Waals surface area contributed by atoms with E-state index in [0.717, 1.165) is 37.8 Å². The minimum absolute atomic E-state index is 0.140. The minimum atomic E-state index is 0.140. The van der Waals surface area contributed by atoms with Crippen molar-refractivity contribution in [3.8, 4) is 0 Å². The molecule has 1 aliphatic carbocycles. The summed E-state index contributed by atoms with van der Waals surface area (Å²) in [5.41, 5.74) is 2.23. The van der Waals surface area contributed by atoms with Crippen LogP contribution in [-0.2, 0) is 16.0 Å². The van der Waals surface area contributed by atoms with Gasteiger partial charge < -0.3 is 4.90 Å². The van der Waals surface area contributed by atoms with Crippen LogP contribution in [-0.4, -0.2) is 34.2 Å². The first-order valence-electron chi connectivity index (χ1n) is 9.22. The maximum absolute atomic E-state index is 12.5. The number of pyridine rings is 1. The number of Topliss-reactive ketones (excluding diaryl/α,β-unsaturated/α-hetero) is 1. The highest BCUT2D eigenvalue weighted by atomic mass is 16.2. The third-order valence-corrected chi connectivity index (χ3v) is 4.74. The molecule has 1 aromatic rings. The summed E-state index contributed by atoms with van der Waals surface area (Å²) in [4.78, 5) is 30.8. The number of amides is 1. The molecule has 1 amide bonds. The summed E-state index contributed by atoms with van der Waals surface area (Å²) in [5, 5.41) is 0. The second-order valence-corrected chi connectivity index (χ2v) is 7.17. The first-order valence-corrected chi connectivity index (χ1v) is 9.22. The highest BCUT2D eigenvalue weighted by Gasteiger charge is 2.33. The lowest BCUT2D eigenvalue weighted by atomic mass is 10.0. The quantitative estimate of drug-likeness (QED) is 0.657. The number of ketones is 1. The molecule has 1 atom stereocenters. The van der Waals surface area contributed by atoms with Gasteiger partial charge >= 0.3 is 0 Å². The molecule has 0 aromatic carbocycles. The molecule has 0 aliphatic heterocycles. The topological polar surface area (TPSA) is 50.3 Å². The summed E-state index contributed by atoms with van der Waals surface area (Å²) >= 11 is 0. The Hall–Kier alpha value is -1.71. The smallest absolute Gasteiger partial charge is 0.223 e. The van der Waals surface area contributed by atoms with Crippen LogP contribution in [0.4, 0.5) is 0 Å². The third-order valence-electron chi connectivity index (χ3n) is 4.74. The fraction of sp³-hybridized carbons (Fsp3) is 0.650. The zero-order valence-electron chi connectivity index (χ0n) is 15.3. The standard InChI is InChI=1S/C20H30N2O2/c1-4-15(2)12-19(23)14-22(18-8-9-18)20(24)7-5-6-17-10-11-21-16(3)13-17/h10-11,13,15,18H,4-9,12,14H2,1-3H3. The van der Waals surface area contributed by atoms with E-state index in [9.17, 15) is 9.59 Å².